The molecule has 2 aliphatic heterocycles. The number of esters is 2. The molecule has 1 saturated heterocycles. The standard InChI is InChI=1S/C79H133NO16Si3/c1-23-47-89-78(85)93-70-53-69(59(12)50-62-43-45-67(71(51-62)87-19)95-97(21,22)79(15,16)17)92-77(84)64-39-35-36-46-80(64)72(81)54-90-65-40-33-34-41-66(65)91-76(83)57(10)42-44-63(94-98(24-2,25-3)26-4)52-68(86-18)56(9)38-32-30-31-37-55(8)48-60(13)73(82)75(88-20)74(61(14)49-58(70)11)96-99(27-5,28-6)29-7/h23,30-34,37-38,40-41,49,55,57-60,62-64,67-71,74-75H,1,24-29,35-36,39,42-48,50-54H2,2-22H3/b32-30+,37-31+,56-38-,61-49?/t55-,57-,58-,59-,60-,62+,63+,64+,67-,68+,69+,70-,71-,74-,75+/m1/s1. The number of Topliss-reactive ketones (excluding diaryl/α,β-unsaturated/α-hetero) is 1. The second-order valence-electron chi connectivity index (χ2n) is 30.4. The topological polar surface area (TPSA) is 190 Å². The third-order valence-corrected chi connectivity index (χ3v) is 36.2. The van der Waals surface area contributed by atoms with Crippen molar-refractivity contribution >= 4 is 54.7 Å². The van der Waals surface area contributed by atoms with Crippen molar-refractivity contribution < 1.29 is 75.1 Å². The molecule has 2 fully saturated rings. The summed E-state index contributed by atoms with van der Waals surface area (Å²) in [5, 5.41) is 0.0169. The molecule has 0 radical (unpaired) electrons. The van der Waals surface area contributed by atoms with Crippen LogP contribution in [0.5, 0.6) is 11.5 Å². The Morgan fingerprint density at radius 2 is 1.34 bits per heavy atom. The van der Waals surface area contributed by atoms with E-state index >= 15 is 9.59 Å². The van der Waals surface area contributed by atoms with Crippen molar-refractivity contribution in [2.45, 2.75) is 297 Å². The lowest BCUT2D eigenvalue weighted by Gasteiger charge is -2.44. The molecule has 1 amide bonds. The van der Waals surface area contributed by atoms with Crippen LogP contribution in [0.2, 0.25) is 54.4 Å². The summed E-state index contributed by atoms with van der Waals surface area (Å²) in [6, 6.07) is 11.3. The van der Waals surface area contributed by atoms with Crippen LogP contribution in [0, 0.1) is 35.5 Å². The number of nitrogens with zero attached hydrogens (tertiary/aromatic N) is 1. The minimum absolute atomic E-state index is 0.0169. The molecule has 0 N–H and O–H groups in total. The molecule has 0 unspecified atom stereocenters. The van der Waals surface area contributed by atoms with Crippen molar-refractivity contribution in [2.24, 2.45) is 35.5 Å². The smallest absolute Gasteiger partial charge is 0.480 e. The molecule has 0 bridgehead atoms. The molecule has 1 aromatic carbocycles. The minimum Gasteiger partial charge on any atom is -0.480 e. The van der Waals surface area contributed by atoms with Crippen LogP contribution in [0.1, 0.15) is 188 Å². The zero-order valence-electron chi connectivity index (χ0n) is 65.0. The number of allylic oxidation sites excluding steroid dienone is 5. The Balaban J connectivity index is 1.89. The molecule has 15 atom stereocenters. The van der Waals surface area contributed by atoms with Crippen molar-refractivity contribution in [2.75, 3.05) is 41.1 Å². The van der Waals surface area contributed by atoms with Crippen LogP contribution in [0.3, 0.4) is 0 Å². The Labute approximate surface area is 601 Å². The maximum absolute atomic E-state index is 15.3. The van der Waals surface area contributed by atoms with Crippen LogP contribution in [0.4, 0.5) is 4.79 Å². The normalized spacial score (nSPS) is 29.6. The largest absolute Gasteiger partial charge is 0.508 e. The number of hydrogen-bond donors (Lipinski definition) is 0. The highest BCUT2D eigenvalue weighted by Gasteiger charge is 2.46. The van der Waals surface area contributed by atoms with Gasteiger partial charge in [0.25, 0.3) is 5.91 Å². The molecule has 0 spiro atoms. The van der Waals surface area contributed by atoms with Gasteiger partial charge in [-0.3, -0.25) is 14.4 Å². The van der Waals surface area contributed by atoms with Crippen molar-refractivity contribution in [3.05, 3.63) is 84.5 Å². The van der Waals surface area contributed by atoms with Gasteiger partial charge in [0.05, 0.1) is 30.3 Å². The summed E-state index contributed by atoms with van der Waals surface area (Å²) < 4.78 is 71.3. The number of piperidine rings is 1. The van der Waals surface area contributed by atoms with E-state index in [9.17, 15) is 14.4 Å². The minimum atomic E-state index is -2.45. The SMILES string of the molecule is C=CCOC(=O)O[C@@H]1C[C@@H]([C@H](C)C[C@@H]2CC[C@@H](O[Si](C)(C)C(C)(C)C)[C@H](OC)C2)OC(=O)[C@@H]2CCCCN2C(=O)COc2ccccc2OC(=O)[C@H](C)CC[C@H](O[Si](CC)(CC)CC)C[C@H](OC)\C(C)=C/C=C/C=C/[C@@H](C)C[C@@H](C)C(=O)[C@H](OC)[C@H](O[Si](CC)(CC)CC)C(C)=C[C@H]1C. The lowest BCUT2D eigenvalue weighted by molar-refractivity contribution is -0.166. The number of carbonyl (C=O) groups excluding carboxylic acids is 5. The quantitative estimate of drug-likeness (QED) is 0.0488. The van der Waals surface area contributed by atoms with E-state index in [-0.39, 0.29) is 77.5 Å². The lowest BCUT2D eigenvalue weighted by atomic mass is 9.78. The summed E-state index contributed by atoms with van der Waals surface area (Å²) in [4.78, 5) is 74.5. The molecule has 3 aliphatic rings. The number of para-hydroxylation sites is 2. The van der Waals surface area contributed by atoms with E-state index in [0.29, 0.717) is 57.9 Å². The summed E-state index contributed by atoms with van der Waals surface area (Å²) >= 11 is 0. The molecule has 562 valence electrons. The molecule has 0 aromatic heterocycles. The molecule has 2 heterocycles. The van der Waals surface area contributed by atoms with Gasteiger partial charge in [0.15, 0.2) is 48.8 Å². The fraction of sp³-hybridized carbons (Fsp3) is 0.734. The van der Waals surface area contributed by atoms with E-state index in [1.54, 1.807) is 50.5 Å². The highest BCUT2D eigenvalue weighted by molar-refractivity contribution is 6.74. The predicted molar refractivity (Wildman–Crippen MR) is 403 cm³/mol. The first-order valence-corrected chi connectivity index (χ1v) is 45.6. The van der Waals surface area contributed by atoms with Gasteiger partial charge in [-0.1, -0.05) is 158 Å². The number of carbonyl (C=O) groups is 5. The van der Waals surface area contributed by atoms with Gasteiger partial charge in [-0.2, -0.15) is 0 Å². The molecule has 99 heavy (non-hydrogen) atoms. The van der Waals surface area contributed by atoms with Crippen LogP contribution in [0.15, 0.2) is 84.5 Å². The second-order valence-corrected chi connectivity index (χ2v) is 44.6. The third kappa shape index (κ3) is 26.3. The van der Waals surface area contributed by atoms with Gasteiger partial charge >= 0.3 is 18.1 Å². The van der Waals surface area contributed by atoms with E-state index in [1.165, 1.54) is 6.08 Å². The van der Waals surface area contributed by atoms with Gasteiger partial charge in [-0.25, -0.2) is 9.59 Å². The first-order valence-electron chi connectivity index (χ1n) is 37.6. The maximum Gasteiger partial charge on any atom is 0.508 e. The number of methoxy groups -OCH3 is 3. The lowest BCUT2D eigenvalue weighted by Crippen LogP contribution is -2.51. The number of ketones is 1. The Hall–Kier alpha value is -4.52. The highest BCUT2D eigenvalue weighted by Crippen LogP contribution is 2.43. The van der Waals surface area contributed by atoms with Gasteiger partial charge < -0.3 is 56.1 Å². The molecule has 1 aromatic rings. The number of cyclic esters (lactones) is 1. The van der Waals surface area contributed by atoms with E-state index in [2.05, 4.69) is 115 Å². The fourth-order valence-corrected chi connectivity index (χ4v) is 21.4. The first-order chi connectivity index (χ1) is 46.9. The zero-order chi connectivity index (χ0) is 73.8. The summed E-state index contributed by atoms with van der Waals surface area (Å²) in [6.07, 6.45) is 15.8. The van der Waals surface area contributed by atoms with Crippen molar-refractivity contribution in [3.63, 3.8) is 0 Å². The molecule has 20 heteroatoms. The summed E-state index contributed by atoms with van der Waals surface area (Å²) in [7, 11) is -1.64. The number of fused-ring (bicyclic) bond motifs is 2. The van der Waals surface area contributed by atoms with Crippen molar-refractivity contribution in [1.82, 2.24) is 4.90 Å². The summed E-state index contributed by atoms with van der Waals surface area (Å²) in [5.41, 5.74) is 1.79. The van der Waals surface area contributed by atoms with Crippen LogP contribution in [0.25, 0.3) is 0 Å². The summed E-state index contributed by atoms with van der Waals surface area (Å²) in [6.45, 7) is 41.9. The van der Waals surface area contributed by atoms with Crippen molar-refractivity contribution in [3.8, 4) is 11.5 Å². The van der Waals surface area contributed by atoms with Gasteiger partial charge in [-0.05, 0) is 173 Å². The number of amides is 1. The second kappa shape index (κ2) is 42.3. The van der Waals surface area contributed by atoms with Gasteiger partial charge in [0, 0.05) is 58.7 Å². The van der Waals surface area contributed by atoms with E-state index in [1.807, 2.05) is 52.0 Å². The van der Waals surface area contributed by atoms with Crippen molar-refractivity contribution in [1.29, 1.82) is 0 Å². The Morgan fingerprint density at radius 1 is 0.697 bits per heavy atom. The first kappa shape index (κ1) is 86.9. The zero-order valence-corrected chi connectivity index (χ0v) is 68.0. The summed E-state index contributed by atoms with van der Waals surface area (Å²) in [5.74, 6) is -2.65. The van der Waals surface area contributed by atoms with E-state index < -0.39 is 104 Å². The average Bonchev–Trinajstić information content (AvgIpc) is 0.903. The Bertz CT molecular complexity index is 2770. The molecular weight excluding hydrogens is 1300 g/mol. The predicted octanol–water partition coefficient (Wildman–Crippen LogP) is 18.1. The van der Waals surface area contributed by atoms with Crippen LogP contribution in [-0.2, 0) is 60.9 Å². The van der Waals surface area contributed by atoms with Crippen LogP contribution < -0.4 is 9.47 Å². The molecular formula is C79H133NO16Si3. The monoisotopic (exact) mass is 1440 g/mol. The Morgan fingerprint density at radius 3 is 1.95 bits per heavy atom. The fourth-order valence-electron chi connectivity index (χ4n) is 14.3. The Kier molecular flexibility index (Phi) is 37.1. The van der Waals surface area contributed by atoms with Crippen LogP contribution >= 0.6 is 0 Å². The molecule has 1 aliphatic carbocycles. The number of rotatable bonds is 21. The molecule has 1 saturated carbocycles. The van der Waals surface area contributed by atoms with Gasteiger partial charge in [-0.15, -0.1) is 0 Å². The van der Waals surface area contributed by atoms with E-state index in [4.69, 9.17) is 51.2 Å². The maximum atomic E-state index is 15.3. The molecule has 17 nitrogen and oxygen atoms in total. The third-order valence-electron chi connectivity index (χ3n) is 22.4. The molecule has 4 rings (SSSR count). The van der Waals surface area contributed by atoms with Gasteiger partial charge in [0.2, 0.25) is 0 Å². The number of benzene rings is 1. The number of ether oxygens (including phenoxy) is 8. The number of hydrogen-bond acceptors (Lipinski definition) is 16. The van der Waals surface area contributed by atoms with E-state index in [0.717, 1.165) is 66.7 Å². The highest BCUT2D eigenvalue weighted by atomic mass is 28.4. The van der Waals surface area contributed by atoms with Gasteiger partial charge in [0.1, 0.15) is 31.0 Å². The average molecular weight is 1440 g/mol. The van der Waals surface area contributed by atoms with Crippen LogP contribution in [-0.4, -0.2) is 156 Å².